The molecule has 0 unspecified atom stereocenters. The van der Waals surface area contributed by atoms with Gasteiger partial charge in [-0.3, -0.25) is 4.79 Å². The third-order valence-corrected chi connectivity index (χ3v) is 4.92. The Kier molecular flexibility index (Phi) is 5.63. The molecule has 2 aromatic heterocycles. The number of benzene rings is 2. The minimum absolute atomic E-state index is 0.188. The minimum Gasteiger partial charge on any atom is -0.383 e. The standard InChI is InChI=1S/C22H21ClN6O/c1-2-3-11-25-22(30)18-19-21(28-17-10-5-4-9-16(17)27-19)29(20(18)24)26-13-14-7-6-8-15(23)12-14/h4-10,12-13H,2-3,11,24H2,1H3,(H,25,30)/b26-13+. The van der Waals surface area contributed by atoms with Crippen LogP contribution in [-0.2, 0) is 0 Å². The third kappa shape index (κ3) is 3.84. The normalized spacial score (nSPS) is 11.5. The van der Waals surface area contributed by atoms with Gasteiger partial charge in [0.2, 0.25) is 0 Å². The summed E-state index contributed by atoms with van der Waals surface area (Å²) >= 11 is 6.06. The van der Waals surface area contributed by atoms with Crippen molar-refractivity contribution in [3.63, 3.8) is 0 Å². The van der Waals surface area contributed by atoms with Gasteiger partial charge in [0.05, 0.1) is 17.2 Å². The zero-order chi connectivity index (χ0) is 21.1. The molecule has 8 heteroatoms. The maximum Gasteiger partial charge on any atom is 0.257 e. The lowest BCUT2D eigenvalue weighted by atomic mass is 10.2. The smallest absolute Gasteiger partial charge is 0.257 e. The van der Waals surface area contributed by atoms with E-state index in [4.69, 9.17) is 17.3 Å². The van der Waals surface area contributed by atoms with E-state index in [9.17, 15) is 4.79 Å². The van der Waals surface area contributed by atoms with Gasteiger partial charge < -0.3 is 11.1 Å². The zero-order valence-electron chi connectivity index (χ0n) is 16.5. The number of anilines is 1. The first-order chi connectivity index (χ1) is 14.6. The molecule has 0 saturated carbocycles. The van der Waals surface area contributed by atoms with Crippen molar-refractivity contribution >= 4 is 51.7 Å². The molecule has 2 heterocycles. The monoisotopic (exact) mass is 420 g/mol. The quantitative estimate of drug-likeness (QED) is 0.360. The molecular formula is C22H21ClN6O. The molecule has 30 heavy (non-hydrogen) atoms. The number of para-hydroxylation sites is 2. The number of fused-ring (bicyclic) bond motifs is 2. The number of amides is 1. The predicted molar refractivity (Wildman–Crippen MR) is 121 cm³/mol. The number of carbonyl (C=O) groups excluding carboxylic acids is 1. The van der Waals surface area contributed by atoms with Crippen LogP contribution < -0.4 is 11.1 Å². The lowest BCUT2D eigenvalue weighted by molar-refractivity contribution is 0.0955. The molecule has 7 nitrogen and oxygen atoms in total. The lowest BCUT2D eigenvalue weighted by Crippen LogP contribution is -2.25. The first-order valence-corrected chi connectivity index (χ1v) is 10.1. The summed E-state index contributed by atoms with van der Waals surface area (Å²) in [5.41, 5.74) is 9.66. The van der Waals surface area contributed by atoms with Crippen LogP contribution in [-0.4, -0.2) is 33.3 Å². The Balaban J connectivity index is 1.86. The van der Waals surface area contributed by atoms with Gasteiger partial charge in [-0.05, 0) is 36.2 Å². The van der Waals surface area contributed by atoms with Gasteiger partial charge in [0.25, 0.3) is 5.91 Å². The van der Waals surface area contributed by atoms with Gasteiger partial charge in [-0.25, -0.2) is 9.97 Å². The molecule has 0 saturated heterocycles. The minimum atomic E-state index is -0.285. The van der Waals surface area contributed by atoms with Gasteiger partial charge in [-0.15, -0.1) is 0 Å². The summed E-state index contributed by atoms with van der Waals surface area (Å²) < 4.78 is 1.45. The third-order valence-electron chi connectivity index (χ3n) is 4.69. The number of rotatable bonds is 6. The van der Waals surface area contributed by atoms with E-state index in [1.54, 1.807) is 18.3 Å². The van der Waals surface area contributed by atoms with Gasteiger partial charge in [0, 0.05) is 11.6 Å². The fraction of sp³-hybridized carbons (Fsp3) is 0.182. The van der Waals surface area contributed by atoms with Gasteiger partial charge >= 0.3 is 0 Å². The van der Waals surface area contributed by atoms with E-state index < -0.39 is 0 Å². The summed E-state index contributed by atoms with van der Waals surface area (Å²) in [6, 6.07) is 14.7. The highest BCUT2D eigenvalue weighted by Crippen LogP contribution is 2.27. The van der Waals surface area contributed by atoms with E-state index in [2.05, 4.69) is 27.3 Å². The topological polar surface area (TPSA) is 98.2 Å². The first-order valence-electron chi connectivity index (χ1n) is 9.73. The van der Waals surface area contributed by atoms with E-state index in [1.165, 1.54) is 4.68 Å². The summed E-state index contributed by atoms with van der Waals surface area (Å²) in [4.78, 5) is 22.2. The van der Waals surface area contributed by atoms with Crippen LogP contribution in [0.25, 0.3) is 22.2 Å². The molecule has 0 radical (unpaired) electrons. The molecule has 4 rings (SSSR count). The second kappa shape index (κ2) is 8.51. The summed E-state index contributed by atoms with van der Waals surface area (Å²) in [7, 11) is 0. The van der Waals surface area contributed by atoms with Crippen LogP contribution in [0, 0.1) is 0 Å². The van der Waals surface area contributed by atoms with Crippen LogP contribution in [0.3, 0.4) is 0 Å². The molecule has 0 aliphatic heterocycles. The van der Waals surface area contributed by atoms with Crippen molar-refractivity contribution in [3.8, 4) is 0 Å². The van der Waals surface area contributed by atoms with Crippen molar-refractivity contribution in [2.45, 2.75) is 19.8 Å². The van der Waals surface area contributed by atoms with Crippen LogP contribution in [0.4, 0.5) is 5.82 Å². The van der Waals surface area contributed by atoms with Crippen molar-refractivity contribution in [1.29, 1.82) is 0 Å². The van der Waals surface area contributed by atoms with Crippen LogP contribution in [0.1, 0.15) is 35.7 Å². The van der Waals surface area contributed by atoms with Gasteiger partial charge in [0.1, 0.15) is 16.9 Å². The second-order valence-corrected chi connectivity index (χ2v) is 7.30. The number of unbranched alkanes of at least 4 members (excludes halogenated alkanes) is 1. The Morgan fingerprint density at radius 2 is 1.97 bits per heavy atom. The number of halogens is 1. The molecule has 0 fully saturated rings. The van der Waals surface area contributed by atoms with Crippen LogP contribution in [0.5, 0.6) is 0 Å². The molecule has 0 spiro atoms. The molecule has 0 aliphatic carbocycles. The van der Waals surface area contributed by atoms with Crippen molar-refractivity contribution in [3.05, 3.63) is 64.7 Å². The van der Waals surface area contributed by atoms with E-state index >= 15 is 0 Å². The highest BCUT2D eigenvalue weighted by atomic mass is 35.5. The number of nitrogens with zero attached hydrogens (tertiary/aromatic N) is 4. The van der Waals surface area contributed by atoms with E-state index in [0.717, 1.165) is 18.4 Å². The molecule has 1 amide bonds. The second-order valence-electron chi connectivity index (χ2n) is 6.87. The maximum absolute atomic E-state index is 12.9. The highest BCUT2D eigenvalue weighted by molar-refractivity contribution is 6.30. The molecule has 0 atom stereocenters. The van der Waals surface area contributed by atoms with E-state index in [1.807, 2.05) is 36.4 Å². The van der Waals surface area contributed by atoms with Gasteiger partial charge in [-0.2, -0.15) is 9.78 Å². The average Bonchev–Trinajstić information content (AvgIpc) is 3.01. The first kappa shape index (κ1) is 19.8. The SMILES string of the molecule is CCCCNC(=O)c1c(N)n(/N=C/c2cccc(Cl)c2)c2nc3ccccc3nc12. The Bertz CT molecular complexity index is 1260. The Morgan fingerprint density at radius 1 is 1.20 bits per heavy atom. The number of nitrogen functional groups attached to an aromatic ring is 1. The van der Waals surface area contributed by atoms with Crippen LogP contribution in [0.15, 0.2) is 53.6 Å². The molecule has 4 aromatic rings. The number of carbonyl (C=O) groups is 1. The molecule has 3 N–H and O–H groups in total. The molecule has 0 bridgehead atoms. The number of aromatic nitrogens is 3. The maximum atomic E-state index is 12.9. The number of hydrogen-bond donors (Lipinski definition) is 2. The Labute approximate surface area is 178 Å². The Morgan fingerprint density at radius 3 is 2.70 bits per heavy atom. The van der Waals surface area contributed by atoms with Crippen molar-refractivity contribution in [2.75, 3.05) is 12.3 Å². The largest absolute Gasteiger partial charge is 0.383 e. The highest BCUT2D eigenvalue weighted by Gasteiger charge is 2.23. The van der Waals surface area contributed by atoms with Crippen molar-refractivity contribution < 1.29 is 4.79 Å². The fourth-order valence-electron chi connectivity index (χ4n) is 3.17. The number of nitrogens with one attached hydrogen (secondary N) is 1. The van der Waals surface area contributed by atoms with Crippen LogP contribution in [0.2, 0.25) is 5.02 Å². The average molecular weight is 421 g/mol. The van der Waals surface area contributed by atoms with Gasteiger partial charge in [-0.1, -0.05) is 49.2 Å². The predicted octanol–water partition coefficient (Wildman–Crippen LogP) is 4.23. The summed E-state index contributed by atoms with van der Waals surface area (Å²) in [5, 5.41) is 7.99. The van der Waals surface area contributed by atoms with E-state index in [-0.39, 0.29) is 17.3 Å². The molecule has 0 aliphatic rings. The van der Waals surface area contributed by atoms with Gasteiger partial charge in [0.15, 0.2) is 5.65 Å². The van der Waals surface area contributed by atoms with Crippen molar-refractivity contribution in [2.24, 2.45) is 5.10 Å². The van der Waals surface area contributed by atoms with Crippen LogP contribution >= 0.6 is 11.6 Å². The molecule has 2 aromatic carbocycles. The zero-order valence-corrected chi connectivity index (χ0v) is 17.2. The Hall–Kier alpha value is -3.45. The lowest BCUT2D eigenvalue weighted by Gasteiger charge is -2.04. The van der Waals surface area contributed by atoms with Crippen molar-refractivity contribution in [1.82, 2.24) is 20.0 Å². The summed E-state index contributed by atoms with van der Waals surface area (Å²) in [6.45, 7) is 2.63. The fourth-order valence-corrected chi connectivity index (χ4v) is 3.37. The molecule has 152 valence electrons. The summed E-state index contributed by atoms with van der Waals surface area (Å²) in [6.07, 6.45) is 3.48. The van der Waals surface area contributed by atoms with E-state index in [0.29, 0.717) is 33.8 Å². The number of nitrogens with two attached hydrogens (primary N) is 1. The number of hydrogen-bond acceptors (Lipinski definition) is 5. The molecular weight excluding hydrogens is 400 g/mol. The summed E-state index contributed by atoms with van der Waals surface area (Å²) in [5.74, 6) is -0.0974.